The van der Waals surface area contributed by atoms with Gasteiger partial charge in [-0.25, -0.2) is 0 Å². The summed E-state index contributed by atoms with van der Waals surface area (Å²) >= 11 is 0. The summed E-state index contributed by atoms with van der Waals surface area (Å²) in [6.45, 7) is 0. The molecule has 2 heterocycles. The van der Waals surface area contributed by atoms with E-state index in [4.69, 9.17) is 0 Å². The Labute approximate surface area is 102 Å². The van der Waals surface area contributed by atoms with Gasteiger partial charge < -0.3 is 5.32 Å². The van der Waals surface area contributed by atoms with E-state index < -0.39 is 0 Å². The molecule has 1 aromatic heterocycles. The van der Waals surface area contributed by atoms with Gasteiger partial charge in [0.1, 0.15) is 0 Å². The van der Waals surface area contributed by atoms with Crippen LogP contribution < -0.4 is 5.32 Å². The van der Waals surface area contributed by atoms with Crippen molar-refractivity contribution in [3.05, 3.63) is 30.1 Å². The molecule has 2 fully saturated rings. The molecule has 1 spiro atoms. The van der Waals surface area contributed by atoms with Crippen LogP contribution in [-0.4, -0.2) is 16.4 Å². The topological polar surface area (TPSA) is 42.0 Å². The summed E-state index contributed by atoms with van der Waals surface area (Å²) in [4.78, 5) is 16.1. The first kappa shape index (κ1) is 10.8. The molecule has 1 amide bonds. The quantitative estimate of drug-likeness (QED) is 0.805. The Kier molecular flexibility index (Phi) is 2.61. The van der Waals surface area contributed by atoms with Crippen molar-refractivity contribution in [3.8, 4) is 0 Å². The summed E-state index contributed by atoms with van der Waals surface area (Å²) in [6.07, 6.45) is 8.25. The molecule has 1 saturated carbocycles. The number of rotatable bonds is 1. The van der Waals surface area contributed by atoms with Gasteiger partial charge in [-0.05, 0) is 31.4 Å². The van der Waals surface area contributed by atoms with Gasteiger partial charge in [0.2, 0.25) is 5.91 Å². The van der Waals surface area contributed by atoms with E-state index in [0.717, 1.165) is 25.0 Å². The zero-order chi connectivity index (χ0) is 11.7. The fraction of sp³-hybridized carbons (Fsp3) is 0.571. The molecule has 0 radical (unpaired) electrons. The number of nitrogens with zero attached hydrogens (tertiary/aromatic N) is 1. The summed E-state index contributed by atoms with van der Waals surface area (Å²) in [7, 11) is 0. The van der Waals surface area contributed by atoms with E-state index in [1.807, 2.05) is 18.3 Å². The van der Waals surface area contributed by atoms with Gasteiger partial charge in [-0.2, -0.15) is 0 Å². The first-order valence-corrected chi connectivity index (χ1v) is 6.52. The zero-order valence-electron chi connectivity index (χ0n) is 9.98. The highest BCUT2D eigenvalue weighted by atomic mass is 16.2. The van der Waals surface area contributed by atoms with Gasteiger partial charge in [0.15, 0.2) is 0 Å². The van der Waals surface area contributed by atoms with Crippen molar-refractivity contribution in [1.82, 2.24) is 10.3 Å². The van der Waals surface area contributed by atoms with Gasteiger partial charge in [-0.1, -0.05) is 18.9 Å². The van der Waals surface area contributed by atoms with E-state index in [1.54, 1.807) is 0 Å². The Morgan fingerprint density at radius 1 is 1.29 bits per heavy atom. The molecule has 2 aliphatic rings. The lowest BCUT2D eigenvalue weighted by Gasteiger charge is -2.41. The number of pyridine rings is 1. The molecular formula is C14H18N2O. The third kappa shape index (κ3) is 1.84. The molecule has 3 rings (SSSR count). The Morgan fingerprint density at radius 2 is 2.24 bits per heavy atom. The van der Waals surface area contributed by atoms with Crippen molar-refractivity contribution >= 4 is 5.91 Å². The van der Waals surface area contributed by atoms with Gasteiger partial charge in [-0.15, -0.1) is 0 Å². The van der Waals surface area contributed by atoms with Crippen LogP contribution in [0.3, 0.4) is 0 Å². The van der Waals surface area contributed by atoms with Crippen LogP contribution in [0.4, 0.5) is 0 Å². The zero-order valence-corrected chi connectivity index (χ0v) is 9.98. The normalized spacial score (nSPS) is 32.7. The average molecular weight is 230 g/mol. The molecular weight excluding hydrogens is 212 g/mol. The lowest BCUT2D eigenvalue weighted by molar-refractivity contribution is -0.120. The predicted octanol–water partition coefficient (Wildman–Crippen LogP) is 2.39. The molecule has 0 unspecified atom stereocenters. The van der Waals surface area contributed by atoms with Gasteiger partial charge in [0.25, 0.3) is 0 Å². The molecule has 1 aromatic rings. The van der Waals surface area contributed by atoms with Crippen LogP contribution in [0.2, 0.25) is 0 Å². The van der Waals surface area contributed by atoms with E-state index >= 15 is 0 Å². The summed E-state index contributed by atoms with van der Waals surface area (Å²) in [5.41, 5.74) is 1.15. The van der Waals surface area contributed by atoms with Crippen LogP contribution in [0.1, 0.15) is 50.1 Å². The SMILES string of the molecule is O=C1CC[C@]2(CCCC[C@@H]2c2ccccn2)N1. The van der Waals surface area contributed by atoms with Crippen LogP contribution in [-0.2, 0) is 4.79 Å². The molecule has 3 heteroatoms. The van der Waals surface area contributed by atoms with Crippen LogP contribution >= 0.6 is 0 Å². The smallest absolute Gasteiger partial charge is 0.220 e. The number of carbonyl (C=O) groups excluding carboxylic acids is 1. The highest BCUT2D eigenvalue weighted by Crippen LogP contribution is 2.45. The first-order chi connectivity index (χ1) is 8.30. The maximum absolute atomic E-state index is 11.6. The second-order valence-corrected chi connectivity index (χ2v) is 5.26. The molecule has 3 nitrogen and oxygen atoms in total. The molecule has 0 aromatic carbocycles. The Morgan fingerprint density at radius 3 is 2.94 bits per heavy atom. The summed E-state index contributed by atoms with van der Waals surface area (Å²) in [5, 5.41) is 3.24. The first-order valence-electron chi connectivity index (χ1n) is 6.52. The van der Waals surface area contributed by atoms with E-state index in [2.05, 4.69) is 16.4 Å². The summed E-state index contributed by atoms with van der Waals surface area (Å²) < 4.78 is 0. The fourth-order valence-electron chi connectivity index (χ4n) is 3.44. The molecule has 2 atom stereocenters. The van der Waals surface area contributed by atoms with Crippen molar-refractivity contribution < 1.29 is 4.79 Å². The molecule has 1 aliphatic heterocycles. The van der Waals surface area contributed by atoms with Crippen molar-refractivity contribution in [3.63, 3.8) is 0 Å². The summed E-state index contributed by atoms with van der Waals surface area (Å²) in [5.74, 6) is 0.622. The molecule has 90 valence electrons. The minimum absolute atomic E-state index is 0.00366. The van der Waals surface area contributed by atoms with Crippen LogP contribution in [0, 0.1) is 0 Å². The Balaban J connectivity index is 1.93. The summed E-state index contributed by atoms with van der Waals surface area (Å²) in [6, 6.07) is 6.09. The Bertz CT molecular complexity index is 417. The van der Waals surface area contributed by atoms with Gasteiger partial charge in [-0.3, -0.25) is 9.78 Å². The van der Waals surface area contributed by atoms with Crippen molar-refractivity contribution in [2.75, 3.05) is 0 Å². The monoisotopic (exact) mass is 230 g/mol. The lowest BCUT2D eigenvalue weighted by Crippen LogP contribution is -2.48. The predicted molar refractivity (Wildman–Crippen MR) is 65.6 cm³/mol. The fourth-order valence-corrected chi connectivity index (χ4v) is 3.44. The van der Waals surface area contributed by atoms with Gasteiger partial charge in [0.05, 0.1) is 0 Å². The van der Waals surface area contributed by atoms with E-state index in [-0.39, 0.29) is 11.4 Å². The van der Waals surface area contributed by atoms with Crippen molar-refractivity contribution in [1.29, 1.82) is 0 Å². The Hall–Kier alpha value is -1.38. The number of hydrogen-bond donors (Lipinski definition) is 1. The second kappa shape index (κ2) is 4.13. The second-order valence-electron chi connectivity index (χ2n) is 5.26. The average Bonchev–Trinajstić information content (AvgIpc) is 2.73. The maximum atomic E-state index is 11.6. The highest BCUT2D eigenvalue weighted by Gasteiger charge is 2.46. The number of amides is 1. The number of aromatic nitrogens is 1. The van der Waals surface area contributed by atoms with Crippen LogP contribution in [0.15, 0.2) is 24.4 Å². The lowest BCUT2D eigenvalue weighted by atomic mass is 9.70. The van der Waals surface area contributed by atoms with E-state index in [0.29, 0.717) is 12.3 Å². The van der Waals surface area contributed by atoms with Crippen molar-refractivity contribution in [2.24, 2.45) is 0 Å². The minimum atomic E-state index is 0.00366. The largest absolute Gasteiger partial charge is 0.350 e. The standard InChI is InChI=1S/C14H18N2O/c17-13-7-9-14(16-13)8-3-1-5-11(14)12-6-2-4-10-15-12/h2,4,6,10-11H,1,3,5,7-9H2,(H,16,17)/t11-,14+/m1/s1. The van der Waals surface area contributed by atoms with Gasteiger partial charge >= 0.3 is 0 Å². The molecule has 1 saturated heterocycles. The van der Waals surface area contributed by atoms with Crippen molar-refractivity contribution in [2.45, 2.75) is 50.0 Å². The molecule has 0 bridgehead atoms. The molecule has 17 heavy (non-hydrogen) atoms. The molecule has 1 N–H and O–H groups in total. The number of carbonyl (C=O) groups is 1. The molecule has 1 aliphatic carbocycles. The maximum Gasteiger partial charge on any atom is 0.220 e. The third-order valence-corrected chi connectivity index (χ3v) is 4.26. The third-order valence-electron chi connectivity index (χ3n) is 4.26. The van der Waals surface area contributed by atoms with E-state index in [9.17, 15) is 4.79 Å². The number of nitrogens with one attached hydrogen (secondary N) is 1. The van der Waals surface area contributed by atoms with E-state index in [1.165, 1.54) is 12.8 Å². The minimum Gasteiger partial charge on any atom is -0.350 e. The van der Waals surface area contributed by atoms with Crippen LogP contribution in [0.25, 0.3) is 0 Å². The number of hydrogen-bond acceptors (Lipinski definition) is 2. The van der Waals surface area contributed by atoms with Crippen LogP contribution in [0.5, 0.6) is 0 Å². The van der Waals surface area contributed by atoms with Gasteiger partial charge in [0, 0.05) is 29.8 Å². The highest BCUT2D eigenvalue weighted by molar-refractivity contribution is 5.79.